The van der Waals surface area contributed by atoms with E-state index in [1.807, 2.05) is 0 Å². The second-order valence-corrected chi connectivity index (χ2v) is 6.02. The first-order valence-electron chi connectivity index (χ1n) is 8.00. The molecule has 1 aromatic rings. The van der Waals surface area contributed by atoms with Crippen molar-refractivity contribution in [2.24, 2.45) is 0 Å². The SMILES string of the molecule is COC(=O)CCCCN1CCC[C@H]1c1cccc(C)c1C. The second-order valence-electron chi connectivity index (χ2n) is 6.02. The summed E-state index contributed by atoms with van der Waals surface area (Å²) in [5.41, 5.74) is 4.30. The number of benzene rings is 1. The molecule has 0 aliphatic carbocycles. The molecule has 0 bridgehead atoms. The number of ether oxygens (including phenoxy) is 1. The van der Waals surface area contributed by atoms with Crippen molar-refractivity contribution in [2.45, 2.75) is 52.0 Å². The van der Waals surface area contributed by atoms with Crippen LogP contribution < -0.4 is 0 Å². The minimum atomic E-state index is -0.0949. The van der Waals surface area contributed by atoms with Crippen LogP contribution in [0.5, 0.6) is 0 Å². The van der Waals surface area contributed by atoms with E-state index < -0.39 is 0 Å². The van der Waals surface area contributed by atoms with Gasteiger partial charge in [0.2, 0.25) is 0 Å². The highest BCUT2D eigenvalue weighted by Crippen LogP contribution is 2.34. The van der Waals surface area contributed by atoms with Crippen LogP contribution >= 0.6 is 0 Å². The van der Waals surface area contributed by atoms with E-state index in [9.17, 15) is 4.79 Å². The van der Waals surface area contributed by atoms with Crippen molar-refractivity contribution in [1.82, 2.24) is 4.90 Å². The Balaban J connectivity index is 1.91. The highest BCUT2D eigenvalue weighted by atomic mass is 16.5. The van der Waals surface area contributed by atoms with Crippen LogP contribution in [0, 0.1) is 13.8 Å². The van der Waals surface area contributed by atoms with Crippen LogP contribution in [0.4, 0.5) is 0 Å². The molecule has 2 rings (SSSR count). The number of carbonyl (C=O) groups excluding carboxylic acids is 1. The molecule has 0 N–H and O–H groups in total. The van der Waals surface area contributed by atoms with Crippen LogP contribution in [0.15, 0.2) is 18.2 Å². The predicted octanol–water partition coefficient (Wildman–Crippen LogP) is 3.78. The Morgan fingerprint density at radius 3 is 2.90 bits per heavy atom. The largest absolute Gasteiger partial charge is 0.469 e. The normalized spacial score (nSPS) is 18.9. The van der Waals surface area contributed by atoms with Crippen molar-refractivity contribution in [3.63, 3.8) is 0 Å². The summed E-state index contributed by atoms with van der Waals surface area (Å²) in [6.07, 6.45) is 5.05. The summed E-state index contributed by atoms with van der Waals surface area (Å²) < 4.78 is 4.69. The molecule has 1 saturated heterocycles. The van der Waals surface area contributed by atoms with Gasteiger partial charge in [0, 0.05) is 12.5 Å². The molecule has 1 aliphatic heterocycles. The molecule has 0 radical (unpaired) electrons. The van der Waals surface area contributed by atoms with E-state index in [1.54, 1.807) is 0 Å². The molecule has 0 amide bonds. The molecule has 1 fully saturated rings. The first kappa shape index (κ1) is 16.0. The second kappa shape index (κ2) is 7.60. The number of rotatable bonds is 6. The maximum Gasteiger partial charge on any atom is 0.305 e. The lowest BCUT2D eigenvalue weighted by atomic mass is 9.96. The number of methoxy groups -OCH3 is 1. The van der Waals surface area contributed by atoms with Crippen molar-refractivity contribution in [1.29, 1.82) is 0 Å². The van der Waals surface area contributed by atoms with E-state index >= 15 is 0 Å². The Morgan fingerprint density at radius 1 is 1.33 bits per heavy atom. The van der Waals surface area contributed by atoms with Gasteiger partial charge in [-0.25, -0.2) is 0 Å². The minimum absolute atomic E-state index is 0.0949. The monoisotopic (exact) mass is 289 g/mol. The van der Waals surface area contributed by atoms with Crippen LogP contribution in [0.1, 0.15) is 54.8 Å². The zero-order chi connectivity index (χ0) is 15.2. The third-order valence-corrected chi connectivity index (χ3v) is 4.67. The van der Waals surface area contributed by atoms with Gasteiger partial charge in [-0.05, 0) is 69.3 Å². The Hall–Kier alpha value is -1.35. The number of aryl methyl sites for hydroxylation is 1. The zero-order valence-corrected chi connectivity index (χ0v) is 13.5. The van der Waals surface area contributed by atoms with E-state index in [4.69, 9.17) is 0 Å². The summed E-state index contributed by atoms with van der Waals surface area (Å²) in [4.78, 5) is 13.7. The van der Waals surface area contributed by atoms with Crippen LogP contribution in [-0.2, 0) is 9.53 Å². The van der Waals surface area contributed by atoms with Gasteiger partial charge in [0.05, 0.1) is 7.11 Å². The molecule has 0 aromatic heterocycles. The molecule has 21 heavy (non-hydrogen) atoms. The summed E-state index contributed by atoms with van der Waals surface area (Å²) >= 11 is 0. The van der Waals surface area contributed by atoms with Crippen LogP contribution in [0.25, 0.3) is 0 Å². The Kier molecular flexibility index (Phi) is 5.80. The summed E-state index contributed by atoms with van der Waals surface area (Å²) in [7, 11) is 1.46. The number of hydrogen-bond donors (Lipinski definition) is 0. The summed E-state index contributed by atoms with van der Waals surface area (Å²) in [6, 6.07) is 7.20. The van der Waals surface area contributed by atoms with E-state index in [2.05, 4.69) is 41.7 Å². The Bertz CT molecular complexity index is 484. The minimum Gasteiger partial charge on any atom is -0.469 e. The van der Waals surface area contributed by atoms with E-state index in [0.29, 0.717) is 12.5 Å². The first-order chi connectivity index (χ1) is 10.1. The molecule has 0 unspecified atom stereocenters. The number of esters is 1. The van der Waals surface area contributed by atoms with Gasteiger partial charge in [-0.1, -0.05) is 18.2 Å². The van der Waals surface area contributed by atoms with E-state index in [0.717, 1.165) is 19.4 Å². The smallest absolute Gasteiger partial charge is 0.305 e. The van der Waals surface area contributed by atoms with E-state index in [1.165, 1.54) is 43.2 Å². The van der Waals surface area contributed by atoms with Crippen molar-refractivity contribution in [3.05, 3.63) is 34.9 Å². The van der Waals surface area contributed by atoms with Crippen LogP contribution in [0.2, 0.25) is 0 Å². The molecular formula is C18H27NO2. The average molecular weight is 289 g/mol. The Morgan fingerprint density at radius 2 is 2.14 bits per heavy atom. The van der Waals surface area contributed by atoms with Gasteiger partial charge in [0.25, 0.3) is 0 Å². The molecule has 0 saturated carbocycles. The fraction of sp³-hybridized carbons (Fsp3) is 0.611. The van der Waals surface area contributed by atoms with Crippen molar-refractivity contribution in [3.8, 4) is 0 Å². The third-order valence-electron chi connectivity index (χ3n) is 4.67. The van der Waals surface area contributed by atoms with Crippen LogP contribution in [-0.4, -0.2) is 31.1 Å². The number of carbonyl (C=O) groups is 1. The van der Waals surface area contributed by atoms with Gasteiger partial charge < -0.3 is 4.74 Å². The molecule has 1 atom stereocenters. The van der Waals surface area contributed by atoms with Gasteiger partial charge in [-0.3, -0.25) is 9.69 Å². The van der Waals surface area contributed by atoms with Gasteiger partial charge in [-0.15, -0.1) is 0 Å². The number of hydrogen-bond acceptors (Lipinski definition) is 3. The van der Waals surface area contributed by atoms with Crippen molar-refractivity contribution in [2.75, 3.05) is 20.2 Å². The maximum atomic E-state index is 11.1. The van der Waals surface area contributed by atoms with E-state index in [-0.39, 0.29) is 5.97 Å². The molecule has 116 valence electrons. The van der Waals surface area contributed by atoms with Gasteiger partial charge in [-0.2, -0.15) is 0 Å². The number of likely N-dealkylation sites (tertiary alicyclic amines) is 1. The molecule has 0 spiro atoms. The molecule has 1 aliphatic rings. The van der Waals surface area contributed by atoms with Gasteiger partial charge >= 0.3 is 5.97 Å². The topological polar surface area (TPSA) is 29.5 Å². The lowest BCUT2D eigenvalue weighted by Gasteiger charge is -2.26. The number of unbranched alkanes of at least 4 members (excludes halogenated alkanes) is 1. The average Bonchev–Trinajstić information content (AvgIpc) is 2.94. The maximum absolute atomic E-state index is 11.1. The molecule has 1 aromatic carbocycles. The van der Waals surface area contributed by atoms with Gasteiger partial charge in [0.1, 0.15) is 0 Å². The summed E-state index contributed by atoms with van der Waals surface area (Å²) in [5, 5.41) is 0. The Labute approximate surface area is 128 Å². The molecule has 3 nitrogen and oxygen atoms in total. The standard InChI is InChI=1S/C18H27NO2/c1-14-8-6-9-16(15(14)2)17-10-7-13-19(17)12-5-4-11-18(20)21-3/h6,8-9,17H,4-5,7,10-13H2,1-3H3/t17-/m0/s1. The van der Waals surface area contributed by atoms with Crippen molar-refractivity contribution < 1.29 is 9.53 Å². The lowest BCUT2D eigenvalue weighted by Crippen LogP contribution is -2.25. The van der Waals surface area contributed by atoms with Crippen LogP contribution in [0.3, 0.4) is 0 Å². The molecular weight excluding hydrogens is 262 g/mol. The summed E-state index contributed by atoms with van der Waals surface area (Å²) in [6.45, 7) is 6.68. The quantitative estimate of drug-likeness (QED) is 0.589. The van der Waals surface area contributed by atoms with Gasteiger partial charge in [0.15, 0.2) is 0 Å². The fourth-order valence-electron chi connectivity index (χ4n) is 3.27. The van der Waals surface area contributed by atoms with Crippen molar-refractivity contribution >= 4 is 5.97 Å². The lowest BCUT2D eigenvalue weighted by molar-refractivity contribution is -0.140. The third kappa shape index (κ3) is 4.07. The highest BCUT2D eigenvalue weighted by Gasteiger charge is 2.26. The predicted molar refractivity (Wildman–Crippen MR) is 85.3 cm³/mol. The number of nitrogens with zero attached hydrogens (tertiary/aromatic N) is 1. The molecule has 3 heteroatoms. The zero-order valence-electron chi connectivity index (χ0n) is 13.5. The first-order valence-corrected chi connectivity index (χ1v) is 8.00. The highest BCUT2D eigenvalue weighted by molar-refractivity contribution is 5.68. The summed E-state index contributed by atoms with van der Waals surface area (Å²) in [5.74, 6) is -0.0949. The fourth-order valence-corrected chi connectivity index (χ4v) is 3.27. The molecule has 1 heterocycles.